The van der Waals surface area contributed by atoms with Gasteiger partial charge in [0.1, 0.15) is 5.69 Å². The molecule has 8 nitrogen and oxygen atoms in total. The molecule has 0 bridgehead atoms. The first-order valence-corrected chi connectivity index (χ1v) is 7.24. The number of guanidine groups is 1. The second-order valence-corrected chi connectivity index (χ2v) is 4.45. The summed E-state index contributed by atoms with van der Waals surface area (Å²) in [7, 11) is 0. The molecular weight excluding hydrogens is 413 g/mol. The molecule has 0 amide bonds. The van der Waals surface area contributed by atoms with Crippen molar-refractivity contribution in [1.29, 1.82) is 0 Å². The number of hydrogen-bond donors (Lipinski definition) is 3. The molecule has 23 heavy (non-hydrogen) atoms. The van der Waals surface area contributed by atoms with Crippen LogP contribution in [0.5, 0.6) is 0 Å². The third-order valence-corrected chi connectivity index (χ3v) is 2.78. The van der Waals surface area contributed by atoms with E-state index in [2.05, 4.69) is 15.6 Å². The molecule has 4 N–H and O–H groups in total. The Morgan fingerprint density at radius 1 is 1.39 bits per heavy atom. The minimum atomic E-state index is -0.413. The van der Waals surface area contributed by atoms with Gasteiger partial charge in [0.25, 0.3) is 5.69 Å². The van der Waals surface area contributed by atoms with Gasteiger partial charge in [0, 0.05) is 38.9 Å². The third-order valence-electron chi connectivity index (χ3n) is 2.78. The molecule has 130 valence electrons. The molecule has 0 heterocycles. The van der Waals surface area contributed by atoms with E-state index in [1.165, 1.54) is 6.07 Å². The van der Waals surface area contributed by atoms with Gasteiger partial charge in [-0.1, -0.05) is 12.1 Å². The van der Waals surface area contributed by atoms with E-state index in [1.807, 2.05) is 6.92 Å². The van der Waals surface area contributed by atoms with Crippen molar-refractivity contribution in [2.45, 2.75) is 13.3 Å². The second-order valence-electron chi connectivity index (χ2n) is 4.45. The number of nitro benzene ring substituents is 1. The van der Waals surface area contributed by atoms with Crippen LogP contribution in [-0.4, -0.2) is 43.7 Å². The van der Waals surface area contributed by atoms with Crippen LogP contribution >= 0.6 is 24.0 Å². The van der Waals surface area contributed by atoms with E-state index in [0.717, 1.165) is 6.42 Å². The Balaban J connectivity index is 0.00000484. The highest BCUT2D eigenvalue weighted by Crippen LogP contribution is 2.22. The Morgan fingerprint density at radius 3 is 2.83 bits per heavy atom. The lowest BCUT2D eigenvalue weighted by Crippen LogP contribution is -2.35. The van der Waals surface area contributed by atoms with E-state index in [4.69, 9.17) is 10.5 Å². The Hall–Kier alpha value is -1.62. The molecule has 0 spiro atoms. The number of nitrogens with two attached hydrogens (primary N) is 1. The van der Waals surface area contributed by atoms with E-state index in [1.54, 1.807) is 18.2 Å². The van der Waals surface area contributed by atoms with Gasteiger partial charge in [-0.25, -0.2) is 0 Å². The molecule has 0 fully saturated rings. The highest BCUT2D eigenvalue weighted by atomic mass is 127. The first-order valence-electron chi connectivity index (χ1n) is 7.24. The lowest BCUT2D eigenvalue weighted by Gasteiger charge is -2.08. The number of nitrogens with zero attached hydrogens (tertiary/aromatic N) is 2. The van der Waals surface area contributed by atoms with Crippen molar-refractivity contribution >= 4 is 41.3 Å². The summed E-state index contributed by atoms with van der Waals surface area (Å²) < 4.78 is 5.20. The largest absolute Gasteiger partial charge is 0.382 e. The van der Waals surface area contributed by atoms with Gasteiger partial charge in [-0.05, 0) is 19.4 Å². The average molecular weight is 437 g/mol. The smallest absolute Gasteiger partial charge is 0.292 e. The fourth-order valence-corrected chi connectivity index (χ4v) is 1.74. The summed E-state index contributed by atoms with van der Waals surface area (Å²) in [5.41, 5.74) is 6.25. The number of para-hydroxylation sites is 2. The minimum absolute atomic E-state index is 0. The lowest BCUT2D eigenvalue weighted by atomic mass is 10.2. The maximum absolute atomic E-state index is 10.9. The number of rotatable bonds is 10. The predicted molar refractivity (Wildman–Crippen MR) is 103 cm³/mol. The van der Waals surface area contributed by atoms with Crippen molar-refractivity contribution in [1.82, 2.24) is 5.32 Å². The van der Waals surface area contributed by atoms with E-state index >= 15 is 0 Å². The molecule has 0 aliphatic rings. The van der Waals surface area contributed by atoms with Crippen LogP contribution in [0.4, 0.5) is 11.4 Å². The molecule has 0 atom stereocenters. The molecule has 0 aliphatic carbocycles. The summed E-state index contributed by atoms with van der Waals surface area (Å²) in [6.45, 7) is 4.95. The SMILES string of the molecule is CCOCCCN=C(N)NCCNc1ccccc1[N+](=O)[O-].I. The van der Waals surface area contributed by atoms with Crippen molar-refractivity contribution in [2.24, 2.45) is 10.7 Å². The first-order chi connectivity index (χ1) is 10.6. The Morgan fingerprint density at radius 2 is 2.13 bits per heavy atom. The Kier molecular flexibility index (Phi) is 12.0. The Labute approximate surface area is 153 Å². The van der Waals surface area contributed by atoms with Crippen molar-refractivity contribution in [2.75, 3.05) is 38.2 Å². The minimum Gasteiger partial charge on any atom is -0.382 e. The number of nitrogens with one attached hydrogen (secondary N) is 2. The van der Waals surface area contributed by atoms with Crippen LogP contribution in [0, 0.1) is 10.1 Å². The van der Waals surface area contributed by atoms with Crippen molar-refractivity contribution in [3.63, 3.8) is 0 Å². The number of halogens is 1. The van der Waals surface area contributed by atoms with E-state index in [-0.39, 0.29) is 29.7 Å². The van der Waals surface area contributed by atoms with Crippen LogP contribution in [0.1, 0.15) is 13.3 Å². The van der Waals surface area contributed by atoms with Crippen LogP contribution in [0.15, 0.2) is 29.3 Å². The van der Waals surface area contributed by atoms with Crippen LogP contribution in [0.25, 0.3) is 0 Å². The van der Waals surface area contributed by atoms with Gasteiger partial charge in [-0.15, -0.1) is 24.0 Å². The number of nitro groups is 1. The fourth-order valence-electron chi connectivity index (χ4n) is 1.74. The summed E-state index contributed by atoms with van der Waals surface area (Å²) in [5, 5.41) is 16.8. The standard InChI is InChI=1S/C14H23N5O3.HI/c1-2-22-11-5-8-17-14(15)18-10-9-16-12-6-3-4-7-13(12)19(20)21;/h3-4,6-7,16H,2,5,8-11H2,1H3,(H3,15,17,18);1H. The van der Waals surface area contributed by atoms with Crippen LogP contribution in [-0.2, 0) is 4.74 Å². The highest BCUT2D eigenvalue weighted by molar-refractivity contribution is 14.0. The summed E-state index contributed by atoms with van der Waals surface area (Å²) >= 11 is 0. The number of hydrogen-bond acceptors (Lipinski definition) is 5. The molecule has 0 aromatic heterocycles. The topological polar surface area (TPSA) is 115 Å². The van der Waals surface area contributed by atoms with Gasteiger partial charge in [0.15, 0.2) is 5.96 Å². The molecule has 0 radical (unpaired) electrons. The van der Waals surface area contributed by atoms with Crippen molar-refractivity contribution in [3.05, 3.63) is 34.4 Å². The molecule has 0 aliphatic heterocycles. The normalized spacial score (nSPS) is 10.7. The maximum Gasteiger partial charge on any atom is 0.292 e. The molecule has 0 unspecified atom stereocenters. The molecule has 1 aromatic rings. The third kappa shape index (κ3) is 9.18. The summed E-state index contributed by atoms with van der Waals surface area (Å²) in [6.07, 6.45) is 0.824. The average Bonchev–Trinajstić information content (AvgIpc) is 2.51. The quantitative estimate of drug-likeness (QED) is 0.129. The number of anilines is 1. The van der Waals surface area contributed by atoms with Crippen LogP contribution in [0.2, 0.25) is 0 Å². The zero-order chi connectivity index (χ0) is 16.2. The van der Waals surface area contributed by atoms with Crippen molar-refractivity contribution < 1.29 is 9.66 Å². The predicted octanol–water partition coefficient (Wildman–Crippen LogP) is 1.96. The molecule has 0 saturated carbocycles. The van der Waals surface area contributed by atoms with E-state index in [9.17, 15) is 10.1 Å². The van der Waals surface area contributed by atoms with E-state index < -0.39 is 4.92 Å². The van der Waals surface area contributed by atoms with Crippen molar-refractivity contribution in [3.8, 4) is 0 Å². The molecule has 1 aromatic carbocycles. The molecule has 1 rings (SSSR count). The molecular formula is C14H24IN5O3. The second kappa shape index (κ2) is 12.9. The number of benzene rings is 1. The van der Waals surface area contributed by atoms with Gasteiger partial charge in [-0.3, -0.25) is 15.1 Å². The molecule has 9 heteroatoms. The van der Waals surface area contributed by atoms with Gasteiger partial charge >= 0.3 is 0 Å². The van der Waals surface area contributed by atoms with Gasteiger partial charge in [0.2, 0.25) is 0 Å². The zero-order valence-electron chi connectivity index (χ0n) is 13.2. The summed E-state index contributed by atoms with van der Waals surface area (Å²) in [6, 6.07) is 6.51. The molecule has 0 saturated heterocycles. The highest BCUT2D eigenvalue weighted by Gasteiger charge is 2.10. The monoisotopic (exact) mass is 437 g/mol. The van der Waals surface area contributed by atoms with Crippen LogP contribution < -0.4 is 16.4 Å². The zero-order valence-corrected chi connectivity index (χ0v) is 15.5. The maximum atomic E-state index is 10.9. The lowest BCUT2D eigenvalue weighted by molar-refractivity contribution is -0.384. The number of aliphatic imine (C=N–C) groups is 1. The number of ether oxygens (including phenoxy) is 1. The fraction of sp³-hybridized carbons (Fsp3) is 0.500. The van der Waals surface area contributed by atoms with Crippen LogP contribution in [0.3, 0.4) is 0 Å². The summed E-state index contributed by atoms with van der Waals surface area (Å²) in [5.74, 6) is 0.362. The van der Waals surface area contributed by atoms with Gasteiger partial charge in [-0.2, -0.15) is 0 Å². The van der Waals surface area contributed by atoms with Gasteiger partial charge < -0.3 is 21.1 Å². The van der Waals surface area contributed by atoms with Gasteiger partial charge in [0.05, 0.1) is 4.92 Å². The van der Waals surface area contributed by atoms with E-state index in [0.29, 0.717) is 44.5 Å². The first kappa shape index (κ1) is 21.4. The Bertz CT molecular complexity index is 499. The summed E-state index contributed by atoms with van der Waals surface area (Å²) in [4.78, 5) is 14.6.